The van der Waals surface area contributed by atoms with Gasteiger partial charge in [0.05, 0.1) is 0 Å². The average Bonchev–Trinajstić information content (AvgIpc) is 2.30. The zero-order valence-corrected chi connectivity index (χ0v) is 12.8. The van der Waals surface area contributed by atoms with Gasteiger partial charge < -0.3 is 5.32 Å². The predicted molar refractivity (Wildman–Crippen MR) is 81.7 cm³/mol. The maximum atomic E-state index is 6.21. The molecule has 0 bridgehead atoms. The van der Waals surface area contributed by atoms with Crippen molar-refractivity contribution in [2.24, 2.45) is 0 Å². The molecule has 1 rings (SSSR count). The smallest absolute Gasteiger partial charge is 0.0453 e. The maximum Gasteiger partial charge on any atom is 0.0453 e. The van der Waals surface area contributed by atoms with Crippen LogP contribution >= 0.6 is 23.2 Å². The Labute approximate surface area is 120 Å². The molecule has 0 saturated heterocycles. The molecule has 0 amide bonds. The van der Waals surface area contributed by atoms with Crippen molar-refractivity contribution in [2.45, 2.75) is 39.7 Å². The highest BCUT2D eigenvalue weighted by Gasteiger charge is 2.11. The minimum atomic E-state index is 0.285. The molecule has 18 heavy (non-hydrogen) atoms. The van der Waals surface area contributed by atoms with Gasteiger partial charge in [0.1, 0.15) is 0 Å². The Kier molecular flexibility index (Phi) is 6.77. The van der Waals surface area contributed by atoms with Crippen LogP contribution < -0.4 is 5.32 Å². The molecule has 1 N–H and O–H groups in total. The first-order valence-corrected chi connectivity index (χ1v) is 7.11. The molecular weight excluding hydrogens is 265 g/mol. The molecule has 0 aliphatic rings. The van der Waals surface area contributed by atoms with Crippen LogP contribution in [0.5, 0.6) is 0 Å². The summed E-state index contributed by atoms with van der Waals surface area (Å²) in [5.41, 5.74) is 2.32. The first-order valence-electron chi connectivity index (χ1n) is 6.36. The van der Waals surface area contributed by atoms with Crippen LogP contribution in [0.25, 0.3) is 0 Å². The van der Waals surface area contributed by atoms with Crippen LogP contribution in [0.3, 0.4) is 0 Å². The number of allylic oxidation sites excluding steroid dienone is 1. The Hall–Kier alpha value is -0.500. The topological polar surface area (TPSA) is 12.0 Å². The maximum absolute atomic E-state index is 6.21. The van der Waals surface area contributed by atoms with Gasteiger partial charge in [0.25, 0.3) is 0 Å². The monoisotopic (exact) mass is 285 g/mol. The van der Waals surface area contributed by atoms with Crippen molar-refractivity contribution in [3.05, 3.63) is 45.5 Å². The van der Waals surface area contributed by atoms with Gasteiger partial charge in [0, 0.05) is 16.1 Å². The summed E-state index contributed by atoms with van der Waals surface area (Å²) in [4.78, 5) is 0. The quantitative estimate of drug-likeness (QED) is 0.736. The molecule has 1 aromatic rings. The first-order chi connectivity index (χ1) is 8.54. The van der Waals surface area contributed by atoms with Gasteiger partial charge in [-0.15, -0.1) is 0 Å². The van der Waals surface area contributed by atoms with Gasteiger partial charge in [-0.3, -0.25) is 0 Å². The number of hydrogen-bond acceptors (Lipinski definition) is 1. The molecule has 0 aromatic heterocycles. The number of rotatable bonds is 6. The van der Waals surface area contributed by atoms with Crippen molar-refractivity contribution in [3.63, 3.8) is 0 Å². The molecule has 3 heteroatoms. The molecule has 0 saturated carbocycles. The summed E-state index contributed by atoms with van der Waals surface area (Å²) in [5.74, 6) is 0. The molecule has 0 radical (unpaired) electrons. The predicted octanol–water partition coefficient (Wildman–Crippen LogP) is 4.87. The van der Waals surface area contributed by atoms with E-state index in [0.717, 1.165) is 35.0 Å². The molecule has 1 atom stereocenters. The lowest BCUT2D eigenvalue weighted by Gasteiger charge is -2.17. The van der Waals surface area contributed by atoms with Crippen molar-refractivity contribution in [2.75, 3.05) is 6.54 Å². The van der Waals surface area contributed by atoms with E-state index in [1.165, 1.54) is 5.57 Å². The number of nitrogens with one attached hydrogen (secondary N) is 1. The second-order valence-electron chi connectivity index (χ2n) is 4.71. The summed E-state index contributed by atoms with van der Waals surface area (Å²) >= 11 is 12.4. The van der Waals surface area contributed by atoms with Gasteiger partial charge in [-0.2, -0.15) is 0 Å². The molecule has 0 heterocycles. The van der Waals surface area contributed by atoms with Gasteiger partial charge in [-0.05, 0) is 50.9 Å². The van der Waals surface area contributed by atoms with Crippen LogP contribution in [0.2, 0.25) is 10.0 Å². The van der Waals surface area contributed by atoms with Crippen molar-refractivity contribution >= 4 is 23.2 Å². The second-order valence-corrected chi connectivity index (χ2v) is 5.52. The minimum absolute atomic E-state index is 0.285. The van der Waals surface area contributed by atoms with E-state index in [1.54, 1.807) is 0 Å². The van der Waals surface area contributed by atoms with Crippen molar-refractivity contribution in [1.29, 1.82) is 0 Å². The summed E-state index contributed by atoms with van der Waals surface area (Å²) in [6.07, 6.45) is 4.17. The molecule has 1 nitrogen and oxygen atoms in total. The van der Waals surface area contributed by atoms with Crippen molar-refractivity contribution in [1.82, 2.24) is 5.32 Å². The second kappa shape index (κ2) is 7.83. The Morgan fingerprint density at radius 3 is 2.39 bits per heavy atom. The molecule has 0 aliphatic carbocycles. The molecule has 0 spiro atoms. The van der Waals surface area contributed by atoms with E-state index >= 15 is 0 Å². The van der Waals surface area contributed by atoms with Crippen molar-refractivity contribution in [3.8, 4) is 0 Å². The minimum Gasteiger partial charge on any atom is -0.310 e. The molecule has 1 unspecified atom stereocenters. The zero-order chi connectivity index (χ0) is 13.5. The summed E-state index contributed by atoms with van der Waals surface area (Å²) in [7, 11) is 0. The highest BCUT2D eigenvalue weighted by Crippen LogP contribution is 2.25. The van der Waals surface area contributed by atoms with Gasteiger partial charge in [-0.1, -0.05) is 47.8 Å². The lowest BCUT2D eigenvalue weighted by Crippen LogP contribution is -2.30. The Balaban J connectivity index is 2.85. The molecule has 1 aromatic carbocycles. The largest absolute Gasteiger partial charge is 0.310 e. The first kappa shape index (κ1) is 15.6. The summed E-state index contributed by atoms with van der Waals surface area (Å²) < 4.78 is 0. The van der Waals surface area contributed by atoms with Crippen LogP contribution in [-0.4, -0.2) is 12.6 Å². The third-order valence-electron chi connectivity index (χ3n) is 2.68. The Morgan fingerprint density at radius 2 is 1.89 bits per heavy atom. The molecule has 0 aliphatic heterocycles. The standard InChI is InChI=1S/C15H21Cl2N/c1-4-8-18-12(9-11(2)3)10-13-14(16)6-5-7-15(13)17/h5-7,9,12,18H,4,8,10H2,1-3H3. The van der Waals surface area contributed by atoms with Gasteiger partial charge in [-0.25, -0.2) is 0 Å². The van der Waals surface area contributed by atoms with E-state index in [1.807, 2.05) is 18.2 Å². The van der Waals surface area contributed by atoms with E-state index in [2.05, 4.69) is 32.2 Å². The van der Waals surface area contributed by atoms with Crippen LogP contribution in [0.4, 0.5) is 0 Å². The van der Waals surface area contributed by atoms with E-state index in [4.69, 9.17) is 23.2 Å². The number of halogens is 2. The number of benzene rings is 1. The van der Waals surface area contributed by atoms with E-state index in [0.29, 0.717) is 0 Å². The molecular formula is C15H21Cl2N. The van der Waals surface area contributed by atoms with Crippen LogP contribution in [0.15, 0.2) is 29.8 Å². The van der Waals surface area contributed by atoms with E-state index in [9.17, 15) is 0 Å². The average molecular weight is 286 g/mol. The Bertz CT molecular complexity index is 389. The van der Waals surface area contributed by atoms with Gasteiger partial charge in [0.15, 0.2) is 0 Å². The Morgan fingerprint density at radius 1 is 1.28 bits per heavy atom. The summed E-state index contributed by atoms with van der Waals surface area (Å²) in [6, 6.07) is 5.95. The van der Waals surface area contributed by atoms with E-state index in [-0.39, 0.29) is 6.04 Å². The zero-order valence-electron chi connectivity index (χ0n) is 11.3. The molecule has 100 valence electrons. The van der Waals surface area contributed by atoms with Crippen LogP contribution in [0.1, 0.15) is 32.8 Å². The van der Waals surface area contributed by atoms with Crippen LogP contribution in [-0.2, 0) is 6.42 Å². The van der Waals surface area contributed by atoms with Gasteiger partial charge >= 0.3 is 0 Å². The highest BCUT2D eigenvalue weighted by atomic mass is 35.5. The normalized spacial score (nSPS) is 12.3. The summed E-state index contributed by atoms with van der Waals surface area (Å²) in [6.45, 7) is 7.37. The third kappa shape index (κ3) is 5.01. The third-order valence-corrected chi connectivity index (χ3v) is 3.38. The number of hydrogen-bond donors (Lipinski definition) is 1. The lowest BCUT2D eigenvalue weighted by molar-refractivity contribution is 0.582. The fraction of sp³-hybridized carbons (Fsp3) is 0.467. The molecule has 0 fully saturated rings. The van der Waals surface area contributed by atoms with Gasteiger partial charge in [0.2, 0.25) is 0 Å². The lowest BCUT2D eigenvalue weighted by atomic mass is 10.0. The fourth-order valence-corrected chi connectivity index (χ4v) is 2.42. The van der Waals surface area contributed by atoms with E-state index < -0.39 is 0 Å². The SMILES string of the molecule is CCCNC(C=C(C)C)Cc1c(Cl)cccc1Cl. The highest BCUT2D eigenvalue weighted by molar-refractivity contribution is 6.36. The fourth-order valence-electron chi connectivity index (χ4n) is 1.87. The summed E-state index contributed by atoms with van der Waals surface area (Å²) in [5, 5.41) is 5.00. The van der Waals surface area contributed by atoms with Crippen molar-refractivity contribution < 1.29 is 0 Å². The van der Waals surface area contributed by atoms with Crippen LogP contribution in [0, 0.1) is 0 Å².